The van der Waals surface area contributed by atoms with Gasteiger partial charge in [0.1, 0.15) is 19.8 Å². The zero-order valence-corrected chi connectivity index (χ0v) is 21.4. The molecule has 0 saturated heterocycles. The van der Waals surface area contributed by atoms with Crippen LogP contribution in [-0.4, -0.2) is 69.5 Å². The van der Waals surface area contributed by atoms with Crippen LogP contribution < -0.4 is 4.89 Å². The molecule has 7 nitrogen and oxygen atoms in total. The number of thioether (sulfide) groups is 1. The maximum absolute atomic E-state index is 12.0. The van der Waals surface area contributed by atoms with Crippen LogP contribution in [0.2, 0.25) is 0 Å². The second-order valence-corrected chi connectivity index (χ2v) is 11.3. The van der Waals surface area contributed by atoms with E-state index in [9.17, 15) is 14.3 Å². The Balaban J connectivity index is 3.66. The molecule has 0 aromatic rings. The van der Waals surface area contributed by atoms with Gasteiger partial charge in [0.05, 0.1) is 33.7 Å². The molecular weight excluding hydrogens is 425 g/mol. The molecule has 0 heterocycles. The smallest absolute Gasteiger partial charge is 0.309 e. The second kappa shape index (κ2) is 17.4. The monoisotopic (exact) mass is 469 g/mol. The molecule has 0 spiro atoms. The van der Waals surface area contributed by atoms with Crippen molar-refractivity contribution in [2.45, 2.75) is 65.2 Å². The number of phosphoric ester groups is 1. The number of carbonyl (C=O) groups is 1. The highest BCUT2D eigenvalue weighted by Crippen LogP contribution is 2.37. The van der Waals surface area contributed by atoms with Gasteiger partial charge in [-0.1, -0.05) is 58.8 Å². The van der Waals surface area contributed by atoms with Crippen LogP contribution in [0.25, 0.3) is 0 Å². The number of ether oxygens (including phenoxy) is 1. The van der Waals surface area contributed by atoms with E-state index in [4.69, 9.17) is 13.8 Å². The van der Waals surface area contributed by atoms with Crippen molar-refractivity contribution in [3.8, 4) is 0 Å². The van der Waals surface area contributed by atoms with E-state index in [1.807, 2.05) is 28.1 Å². The molecule has 0 aliphatic rings. The minimum absolute atomic E-state index is 0.0528. The van der Waals surface area contributed by atoms with E-state index in [1.165, 1.54) is 51.4 Å². The molecule has 0 bridgehead atoms. The van der Waals surface area contributed by atoms with Gasteiger partial charge in [0.2, 0.25) is 0 Å². The van der Waals surface area contributed by atoms with Gasteiger partial charge in [-0.3, -0.25) is 9.36 Å². The average Bonchev–Trinajstić information content (AvgIpc) is 2.65. The molecule has 0 amide bonds. The summed E-state index contributed by atoms with van der Waals surface area (Å²) >= 11 is 1.77. The summed E-state index contributed by atoms with van der Waals surface area (Å²) in [6, 6.07) is 0. The van der Waals surface area contributed by atoms with E-state index in [1.54, 1.807) is 11.8 Å². The Morgan fingerprint density at radius 2 is 1.53 bits per heavy atom. The molecule has 0 aliphatic carbocycles. The van der Waals surface area contributed by atoms with Crippen molar-refractivity contribution < 1.29 is 32.5 Å². The Morgan fingerprint density at radius 3 is 2.13 bits per heavy atom. The van der Waals surface area contributed by atoms with Crippen LogP contribution in [0.3, 0.4) is 0 Å². The van der Waals surface area contributed by atoms with Gasteiger partial charge in [0.25, 0.3) is 7.82 Å². The van der Waals surface area contributed by atoms with E-state index in [0.29, 0.717) is 16.8 Å². The Morgan fingerprint density at radius 1 is 0.967 bits per heavy atom. The number of likely N-dealkylation sites (N-methyl/N-ethyl adjacent to an activating group) is 1. The largest absolute Gasteiger partial charge is 0.756 e. The molecule has 180 valence electrons. The summed E-state index contributed by atoms with van der Waals surface area (Å²) in [6.07, 6.45) is 10.4. The number of nitrogens with zero attached hydrogens (tertiary/aromatic N) is 1. The van der Waals surface area contributed by atoms with Crippen molar-refractivity contribution in [2.75, 3.05) is 59.0 Å². The molecule has 0 N–H and O–H groups in total. The molecular formula is C21H44NO6PS. The summed E-state index contributed by atoms with van der Waals surface area (Å²) < 4.78 is 26.9. The molecule has 2 unspecified atom stereocenters. The minimum atomic E-state index is -4.36. The van der Waals surface area contributed by atoms with Crippen molar-refractivity contribution in [3.05, 3.63) is 0 Å². The Kier molecular flexibility index (Phi) is 17.4. The number of carbonyl (C=O) groups excluding carboxylic acids is 1. The van der Waals surface area contributed by atoms with Crippen molar-refractivity contribution >= 4 is 25.6 Å². The zero-order chi connectivity index (χ0) is 22.9. The molecule has 0 radical (unpaired) electrons. The highest BCUT2D eigenvalue weighted by atomic mass is 32.2. The van der Waals surface area contributed by atoms with Gasteiger partial charge < -0.3 is 23.2 Å². The van der Waals surface area contributed by atoms with Crippen LogP contribution in [0.4, 0.5) is 0 Å². The highest BCUT2D eigenvalue weighted by molar-refractivity contribution is 7.99. The summed E-state index contributed by atoms with van der Waals surface area (Å²) in [5.74, 6) is 1.22. The highest BCUT2D eigenvalue weighted by Gasteiger charge is 2.16. The van der Waals surface area contributed by atoms with E-state index in [-0.39, 0.29) is 31.7 Å². The Labute approximate surface area is 188 Å². The normalized spacial score (nSPS) is 15.0. The summed E-state index contributed by atoms with van der Waals surface area (Å²) in [7, 11) is 1.46. The van der Waals surface area contributed by atoms with Gasteiger partial charge in [-0.15, -0.1) is 0 Å². The molecule has 0 aliphatic heterocycles. The molecule has 0 aromatic carbocycles. The second-order valence-electron chi connectivity index (χ2n) is 8.75. The third-order valence-corrected chi connectivity index (χ3v) is 6.81. The Hall–Kier alpha value is -0.110. The first-order valence-electron chi connectivity index (χ1n) is 11.2. The molecule has 0 fully saturated rings. The fourth-order valence-corrected chi connectivity index (χ4v) is 4.31. The standard InChI is InChI=1S/C21H44NO6PS/c1-6-7-8-9-10-11-12-13-18-30-19-20(2)21(23)26-16-17-28-29(24,25)27-15-14-22(3,4)5/h20H,6-19H2,1-5H3. The Bertz CT molecular complexity index is 487. The van der Waals surface area contributed by atoms with Crippen LogP contribution in [0.5, 0.6) is 0 Å². The van der Waals surface area contributed by atoms with E-state index in [2.05, 4.69) is 6.92 Å². The molecule has 30 heavy (non-hydrogen) atoms. The number of phosphoric acid groups is 1. The van der Waals surface area contributed by atoms with E-state index in [0.717, 1.165) is 5.75 Å². The van der Waals surface area contributed by atoms with Crippen LogP contribution in [0, 0.1) is 5.92 Å². The van der Waals surface area contributed by atoms with E-state index < -0.39 is 7.82 Å². The van der Waals surface area contributed by atoms with E-state index >= 15 is 0 Å². The van der Waals surface area contributed by atoms with Crippen molar-refractivity contribution in [1.29, 1.82) is 0 Å². The summed E-state index contributed by atoms with van der Waals surface area (Å²) in [5, 5.41) is 0. The fourth-order valence-electron chi connectivity index (χ4n) is 2.56. The van der Waals surface area contributed by atoms with Crippen LogP contribution in [-0.2, 0) is 23.1 Å². The topological polar surface area (TPSA) is 84.9 Å². The summed E-state index contributed by atoms with van der Waals surface area (Å²) in [6.45, 7) is 4.33. The lowest BCUT2D eigenvalue weighted by atomic mass is 10.1. The van der Waals surface area contributed by atoms with Gasteiger partial charge in [-0.25, -0.2) is 0 Å². The first-order valence-corrected chi connectivity index (χ1v) is 13.8. The molecule has 0 saturated carbocycles. The van der Waals surface area contributed by atoms with Crippen LogP contribution >= 0.6 is 19.6 Å². The molecule has 9 heteroatoms. The first kappa shape index (κ1) is 29.9. The third kappa shape index (κ3) is 19.8. The SMILES string of the molecule is CCCCCCCCCCSCC(C)C(=O)OCCOP(=O)([O-])OCC[N+](C)(C)C. The third-order valence-electron chi connectivity index (χ3n) is 4.50. The maximum Gasteiger partial charge on any atom is 0.309 e. The minimum Gasteiger partial charge on any atom is -0.756 e. The van der Waals surface area contributed by atoms with Gasteiger partial charge in [-0.2, -0.15) is 11.8 Å². The number of esters is 1. The quantitative estimate of drug-likeness (QED) is 0.114. The van der Waals surface area contributed by atoms with Crippen LogP contribution in [0.1, 0.15) is 65.2 Å². The average molecular weight is 470 g/mol. The van der Waals surface area contributed by atoms with Gasteiger partial charge >= 0.3 is 5.97 Å². The lowest BCUT2D eigenvalue weighted by molar-refractivity contribution is -0.870. The number of hydrogen-bond donors (Lipinski definition) is 0. The lowest BCUT2D eigenvalue weighted by Crippen LogP contribution is -2.37. The number of rotatable bonds is 20. The fraction of sp³-hybridized carbons (Fsp3) is 0.952. The lowest BCUT2D eigenvalue weighted by Gasteiger charge is -2.27. The van der Waals surface area contributed by atoms with Crippen molar-refractivity contribution in [3.63, 3.8) is 0 Å². The number of hydrogen-bond acceptors (Lipinski definition) is 7. The summed E-state index contributed by atoms with van der Waals surface area (Å²) in [5.41, 5.74) is 0. The molecule has 0 aromatic heterocycles. The van der Waals surface area contributed by atoms with Gasteiger partial charge in [0, 0.05) is 5.75 Å². The van der Waals surface area contributed by atoms with Crippen LogP contribution in [0.15, 0.2) is 0 Å². The first-order chi connectivity index (χ1) is 14.1. The van der Waals surface area contributed by atoms with Crippen molar-refractivity contribution in [2.24, 2.45) is 5.92 Å². The summed E-state index contributed by atoms with van der Waals surface area (Å²) in [4.78, 5) is 23.6. The van der Waals surface area contributed by atoms with Gasteiger partial charge in [-0.05, 0) is 12.2 Å². The van der Waals surface area contributed by atoms with Gasteiger partial charge in [0.15, 0.2) is 0 Å². The number of unbranched alkanes of at least 4 members (excludes halogenated alkanes) is 7. The molecule has 0 rings (SSSR count). The predicted octanol–water partition coefficient (Wildman–Crippen LogP) is 4.25. The van der Waals surface area contributed by atoms with Crippen molar-refractivity contribution in [1.82, 2.24) is 0 Å². The number of quaternary nitrogens is 1. The predicted molar refractivity (Wildman–Crippen MR) is 122 cm³/mol. The zero-order valence-electron chi connectivity index (χ0n) is 19.7. The molecule has 2 atom stereocenters. The maximum atomic E-state index is 12.0.